The topological polar surface area (TPSA) is 74.5 Å². The third-order valence-corrected chi connectivity index (χ3v) is 3.08. The minimum absolute atomic E-state index is 0.190. The number of aryl methyl sites for hydroxylation is 1. The number of aromatic nitrogens is 1. The predicted octanol–water partition coefficient (Wildman–Crippen LogP) is -0.136. The molecular formula is C12H19N5O. The zero-order valence-electron chi connectivity index (χ0n) is 10.8. The SMILES string of the molecule is Cc1cc(N)c(C(=O)NN2CCN(C)CC2)cn1. The van der Waals surface area contributed by atoms with Crippen LogP contribution in [0.1, 0.15) is 16.1 Å². The van der Waals surface area contributed by atoms with Crippen LogP contribution in [0, 0.1) is 6.92 Å². The maximum Gasteiger partial charge on any atom is 0.269 e. The first kappa shape index (κ1) is 12.8. The summed E-state index contributed by atoms with van der Waals surface area (Å²) in [4.78, 5) is 18.4. The zero-order valence-corrected chi connectivity index (χ0v) is 10.8. The summed E-state index contributed by atoms with van der Waals surface area (Å²) in [5.41, 5.74) is 10.4. The van der Waals surface area contributed by atoms with Gasteiger partial charge in [-0.1, -0.05) is 0 Å². The van der Waals surface area contributed by atoms with E-state index >= 15 is 0 Å². The Morgan fingerprint density at radius 2 is 2.06 bits per heavy atom. The molecule has 1 amide bonds. The number of hydrogen-bond acceptors (Lipinski definition) is 5. The first-order valence-corrected chi connectivity index (χ1v) is 6.03. The van der Waals surface area contributed by atoms with Crippen LogP contribution in [0.15, 0.2) is 12.3 Å². The standard InChI is InChI=1S/C12H19N5O/c1-9-7-11(13)10(8-14-9)12(18)15-17-5-3-16(2)4-6-17/h7-8H,3-6H2,1-2H3,(H2,13,14)(H,15,18). The van der Waals surface area contributed by atoms with Crippen LogP contribution in [-0.2, 0) is 0 Å². The number of hydrogen-bond donors (Lipinski definition) is 2. The zero-order chi connectivity index (χ0) is 13.1. The van der Waals surface area contributed by atoms with E-state index in [0.29, 0.717) is 11.3 Å². The molecule has 0 atom stereocenters. The third-order valence-electron chi connectivity index (χ3n) is 3.08. The van der Waals surface area contributed by atoms with E-state index < -0.39 is 0 Å². The molecule has 0 aromatic carbocycles. The first-order chi connectivity index (χ1) is 8.56. The summed E-state index contributed by atoms with van der Waals surface area (Å²) in [6.07, 6.45) is 1.52. The van der Waals surface area contributed by atoms with Gasteiger partial charge < -0.3 is 10.6 Å². The lowest BCUT2D eigenvalue weighted by Crippen LogP contribution is -2.52. The Balaban J connectivity index is 1.99. The Labute approximate surface area is 107 Å². The van der Waals surface area contributed by atoms with Crippen molar-refractivity contribution in [3.05, 3.63) is 23.5 Å². The quantitative estimate of drug-likeness (QED) is 0.763. The van der Waals surface area contributed by atoms with Crippen molar-refractivity contribution in [1.29, 1.82) is 0 Å². The predicted molar refractivity (Wildman–Crippen MR) is 69.9 cm³/mol. The molecule has 0 saturated carbocycles. The number of amides is 1. The number of carbonyl (C=O) groups is 1. The van der Waals surface area contributed by atoms with Gasteiger partial charge in [0.05, 0.1) is 5.56 Å². The molecule has 98 valence electrons. The molecular weight excluding hydrogens is 230 g/mol. The van der Waals surface area contributed by atoms with Crippen LogP contribution in [-0.4, -0.2) is 54.0 Å². The van der Waals surface area contributed by atoms with Crippen LogP contribution < -0.4 is 11.2 Å². The number of rotatable bonds is 2. The molecule has 2 rings (SSSR count). The summed E-state index contributed by atoms with van der Waals surface area (Å²) in [5, 5.41) is 1.92. The summed E-state index contributed by atoms with van der Waals surface area (Å²) >= 11 is 0. The molecule has 2 heterocycles. The minimum atomic E-state index is -0.190. The third kappa shape index (κ3) is 2.96. The number of nitrogens with zero attached hydrogens (tertiary/aromatic N) is 3. The second-order valence-corrected chi connectivity index (χ2v) is 4.64. The highest BCUT2D eigenvalue weighted by Gasteiger charge is 2.18. The van der Waals surface area contributed by atoms with E-state index in [9.17, 15) is 4.79 Å². The number of pyridine rings is 1. The monoisotopic (exact) mass is 249 g/mol. The molecule has 3 N–H and O–H groups in total. The van der Waals surface area contributed by atoms with Gasteiger partial charge in [-0.25, -0.2) is 5.01 Å². The van der Waals surface area contributed by atoms with E-state index in [4.69, 9.17) is 5.73 Å². The Bertz CT molecular complexity index is 440. The number of hydrazine groups is 1. The van der Waals surface area contributed by atoms with Crippen LogP contribution >= 0.6 is 0 Å². The van der Waals surface area contributed by atoms with Gasteiger partial charge in [0.2, 0.25) is 0 Å². The van der Waals surface area contributed by atoms with Gasteiger partial charge in [0.15, 0.2) is 0 Å². The van der Waals surface area contributed by atoms with Crippen molar-refractivity contribution in [2.75, 3.05) is 39.0 Å². The number of carbonyl (C=O) groups excluding carboxylic acids is 1. The van der Waals surface area contributed by atoms with Crippen molar-refractivity contribution >= 4 is 11.6 Å². The van der Waals surface area contributed by atoms with Gasteiger partial charge in [0, 0.05) is 43.8 Å². The fourth-order valence-electron chi connectivity index (χ4n) is 1.89. The summed E-state index contributed by atoms with van der Waals surface area (Å²) in [6.45, 7) is 5.38. The second kappa shape index (κ2) is 5.32. The van der Waals surface area contributed by atoms with E-state index in [0.717, 1.165) is 31.9 Å². The van der Waals surface area contributed by atoms with Gasteiger partial charge in [-0.3, -0.25) is 15.2 Å². The highest BCUT2D eigenvalue weighted by Crippen LogP contribution is 2.11. The van der Waals surface area contributed by atoms with Crippen LogP contribution in [0.5, 0.6) is 0 Å². The molecule has 6 nitrogen and oxygen atoms in total. The van der Waals surface area contributed by atoms with Crippen LogP contribution in [0.25, 0.3) is 0 Å². The lowest BCUT2D eigenvalue weighted by atomic mass is 10.2. The lowest BCUT2D eigenvalue weighted by molar-refractivity contribution is 0.0663. The number of nitrogens with two attached hydrogens (primary N) is 1. The van der Waals surface area contributed by atoms with E-state index in [-0.39, 0.29) is 5.91 Å². The van der Waals surface area contributed by atoms with E-state index in [1.165, 1.54) is 6.20 Å². The maximum absolute atomic E-state index is 12.0. The molecule has 0 radical (unpaired) electrons. The first-order valence-electron chi connectivity index (χ1n) is 6.03. The molecule has 6 heteroatoms. The number of nitrogens with one attached hydrogen (secondary N) is 1. The Morgan fingerprint density at radius 1 is 1.39 bits per heavy atom. The van der Waals surface area contributed by atoms with Crippen molar-refractivity contribution in [2.24, 2.45) is 0 Å². The Hall–Kier alpha value is -1.66. The molecule has 1 aliphatic rings. The van der Waals surface area contributed by atoms with Gasteiger partial charge in [-0.15, -0.1) is 0 Å². The number of anilines is 1. The summed E-state index contributed by atoms with van der Waals surface area (Å²) in [6, 6.07) is 1.71. The average Bonchev–Trinajstić information content (AvgIpc) is 2.32. The van der Waals surface area contributed by atoms with E-state index in [1.807, 2.05) is 11.9 Å². The van der Waals surface area contributed by atoms with Crippen molar-refractivity contribution in [1.82, 2.24) is 20.3 Å². The smallest absolute Gasteiger partial charge is 0.269 e. The molecule has 1 saturated heterocycles. The van der Waals surface area contributed by atoms with E-state index in [1.54, 1.807) is 6.07 Å². The molecule has 0 spiro atoms. The molecule has 18 heavy (non-hydrogen) atoms. The molecule has 1 aromatic rings. The number of likely N-dealkylation sites (N-methyl/N-ethyl adjacent to an activating group) is 1. The number of nitrogen functional groups attached to an aromatic ring is 1. The van der Waals surface area contributed by atoms with Crippen LogP contribution in [0.3, 0.4) is 0 Å². The van der Waals surface area contributed by atoms with Crippen molar-refractivity contribution in [3.63, 3.8) is 0 Å². The fraction of sp³-hybridized carbons (Fsp3) is 0.500. The van der Waals surface area contributed by atoms with Crippen molar-refractivity contribution in [2.45, 2.75) is 6.92 Å². The molecule has 1 fully saturated rings. The average molecular weight is 249 g/mol. The fourth-order valence-corrected chi connectivity index (χ4v) is 1.89. The van der Waals surface area contributed by atoms with E-state index in [2.05, 4.69) is 22.4 Å². The summed E-state index contributed by atoms with van der Waals surface area (Å²) in [5.74, 6) is -0.190. The summed E-state index contributed by atoms with van der Waals surface area (Å²) < 4.78 is 0. The molecule has 1 aromatic heterocycles. The summed E-state index contributed by atoms with van der Waals surface area (Å²) in [7, 11) is 2.07. The molecule has 0 unspecified atom stereocenters. The largest absolute Gasteiger partial charge is 0.398 e. The van der Waals surface area contributed by atoms with Crippen molar-refractivity contribution < 1.29 is 4.79 Å². The molecule has 0 aliphatic carbocycles. The maximum atomic E-state index is 12.0. The van der Waals surface area contributed by atoms with Crippen molar-refractivity contribution in [3.8, 4) is 0 Å². The van der Waals surface area contributed by atoms with Crippen LogP contribution in [0.2, 0.25) is 0 Å². The Morgan fingerprint density at radius 3 is 2.67 bits per heavy atom. The Kier molecular flexibility index (Phi) is 3.78. The second-order valence-electron chi connectivity index (χ2n) is 4.64. The van der Waals surface area contributed by atoms with Gasteiger partial charge in [0.1, 0.15) is 0 Å². The van der Waals surface area contributed by atoms with Gasteiger partial charge in [-0.2, -0.15) is 0 Å². The highest BCUT2D eigenvalue weighted by molar-refractivity contribution is 5.98. The number of piperazine rings is 1. The normalized spacial score (nSPS) is 17.7. The highest BCUT2D eigenvalue weighted by atomic mass is 16.2. The lowest BCUT2D eigenvalue weighted by Gasteiger charge is -2.32. The van der Waals surface area contributed by atoms with Gasteiger partial charge in [0.25, 0.3) is 5.91 Å². The minimum Gasteiger partial charge on any atom is -0.398 e. The van der Waals surface area contributed by atoms with Gasteiger partial charge in [-0.05, 0) is 20.0 Å². The molecule has 1 aliphatic heterocycles. The molecule has 0 bridgehead atoms. The van der Waals surface area contributed by atoms with Crippen LogP contribution in [0.4, 0.5) is 5.69 Å². The van der Waals surface area contributed by atoms with Gasteiger partial charge >= 0.3 is 0 Å².